The Bertz CT molecular complexity index is 678. The van der Waals surface area contributed by atoms with E-state index in [9.17, 15) is 8.42 Å². The van der Waals surface area contributed by atoms with Crippen LogP contribution < -0.4 is 9.46 Å². The minimum absolute atomic E-state index is 0.108. The summed E-state index contributed by atoms with van der Waals surface area (Å²) in [6.45, 7) is 4.40. The number of nitrogens with one attached hydrogen (secondary N) is 1. The van der Waals surface area contributed by atoms with Gasteiger partial charge >= 0.3 is 0 Å². The lowest BCUT2D eigenvalue weighted by molar-refractivity contribution is 0.309. The first kappa shape index (κ1) is 15.6. The molecular formula is C15H19NO4S. The second kappa shape index (κ2) is 6.78. The number of sulfonamides is 1. The quantitative estimate of drug-likeness (QED) is 0.854. The lowest BCUT2D eigenvalue weighted by atomic mass is 10.2. The molecule has 0 unspecified atom stereocenters. The number of ether oxygens (including phenoxy) is 1. The SMILES string of the molecule is CCCOc1ccc(C)cc1S(=O)(=O)NCc1ccco1. The highest BCUT2D eigenvalue weighted by Crippen LogP contribution is 2.25. The maximum atomic E-state index is 12.4. The second-order valence-electron chi connectivity index (χ2n) is 4.70. The summed E-state index contributed by atoms with van der Waals surface area (Å²) in [5, 5.41) is 0. The van der Waals surface area contributed by atoms with Gasteiger partial charge in [-0.05, 0) is 43.2 Å². The van der Waals surface area contributed by atoms with E-state index < -0.39 is 10.0 Å². The van der Waals surface area contributed by atoms with Crippen LogP contribution in [0.5, 0.6) is 5.75 Å². The van der Waals surface area contributed by atoms with Crippen LogP contribution in [0.25, 0.3) is 0 Å². The summed E-state index contributed by atoms with van der Waals surface area (Å²) < 4.78 is 38.0. The van der Waals surface area contributed by atoms with Crippen molar-refractivity contribution in [1.29, 1.82) is 0 Å². The standard InChI is InChI=1S/C15H19NO4S/c1-3-8-20-14-7-6-12(2)10-15(14)21(17,18)16-11-13-5-4-9-19-13/h4-7,9-10,16H,3,8,11H2,1-2H3. The highest BCUT2D eigenvalue weighted by Gasteiger charge is 2.20. The third-order valence-corrected chi connectivity index (χ3v) is 4.29. The van der Waals surface area contributed by atoms with E-state index in [4.69, 9.17) is 9.15 Å². The van der Waals surface area contributed by atoms with Gasteiger partial charge in [-0.3, -0.25) is 0 Å². The zero-order chi connectivity index (χ0) is 15.3. The van der Waals surface area contributed by atoms with E-state index in [0.717, 1.165) is 12.0 Å². The Morgan fingerprint density at radius 3 is 2.76 bits per heavy atom. The van der Waals surface area contributed by atoms with Gasteiger partial charge in [0.15, 0.2) is 0 Å². The molecule has 1 N–H and O–H groups in total. The van der Waals surface area contributed by atoms with Gasteiger partial charge in [-0.15, -0.1) is 0 Å². The van der Waals surface area contributed by atoms with Crippen LogP contribution in [0.4, 0.5) is 0 Å². The number of furan rings is 1. The van der Waals surface area contributed by atoms with Crippen molar-refractivity contribution in [2.24, 2.45) is 0 Å². The third-order valence-electron chi connectivity index (χ3n) is 2.87. The first-order valence-electron chi connectivity index (χ1n) is 6.78. The lowest BCUT2D eigenvalue weighted by Gasteiger charge is -2.12. The average molecular weight is 309 g/mol. The van der Waals surface area contributed by atoms with Crippen LogP contribution in [-0.4, -0.2) is 15.0 Å². The molecule has 0 radical (unpaired) electrons. The van der Waals surface area contributed by atoms with Crippen molar-refractivity contribution in [3.63, 3.8) is 0 Å². The molecule has 0 bridgehead atoms. The monoisotopic (exact) mass is 309 g/mol. The smallest absolute Gasteiger partial charge is 0.244 e. The molecule has 0 saturated carbocycles. The summed E-state index contributed by atoms with van der Waals surface area (Å²) in [5.74, 6) is 0.927. The van der Waals surface area contributed by atoms with Crippen LogP contribution in [-0.2, 0) is 16.6 Å². The van der Waals surface area contributed by atoms with Gasteiger partial charge < -0.3 is 9.15 Å². The summed E-state index contributed by atoms with van der Waals surface area (Å²) in [6.07, 6.45) is 2.32. The van der Waals surface area contributed by atoms with Gasteiger partial charge in [-0.1, -0.05) is 13.0 Å². The number of aryl methyl sites for hydroxylation is 1. The summed E-state index contributed by atoms with van der Waals surface area (Å²) in [4.78, 5) is 0.155. The van der Waals surface area contributed by atoms with Crippen LogP contribution in [0.15, 0.2) is 45.9 Å². The normalized spacial score (nSPS) is 11.5. The summed E-state index contributed by atoms with van der Waals surface area (Å²) in [6, 6.07) is 8.55. The zero-order valence-electron chi connectivity index (χ0n) is 12.1. The minimum Gasteiger partial charge on any atom is -0.492 e. The Kier molecular flexibility index (Phi) is 5.03. The van der Waals surface area contributed by atoms with E-state index in [-0.39, 0.29) is 11.4 Å². The van der Waals surface area contributed by atoms with E-state index in [1.54, 1.807) is 24.3 Å². The molecular weight excluding hydrogens is 290 g/mol. The average Bonchev–Trinajstić information content (AvgIpc) is 2.97. The summed E-state index contributed by atoms with van der Waals surface area (Å²) in [5.41, 5.74) is 0.859. The highest BCUT2D eigenvalue weighted by atomic mass is 32.2. The lowest BCUT2D eigenvalue weighted by Crippen LogP contribution is -2.23. The van der Waals surface area contributed by atoms with Gasteiger partial charge in [0.05, 0.1) is 19.4 Å². The van der Waals surface area contributed by atoms with Crippen molar-refractivity contribution in [2.45, 2.75) is 31.7 Å². The third kappa shape index (κ3) is 4.09. The van der Waals surface area contributed by atoms with Crippen LogP contribution in [0, 0.1) is 6.92 Å². The zero-order valence-corrected chi connectivity index (χ0v) is 12.9. The second-order valence-corrected chi connectivity index (χ2v) is 6.44. The Labute approximate surface area is 125 Å². The fourth-order valence-corrected chi connectivity index (χ4v) is 3.03. The number of rotatable bonds is 7. The molecule has 0 aliphatic heterocycles. The first-order chi connectivity index (χ1) is 10.0. The molecule has 6 heteroatoms. The molecule has 1 heterocycles. The molecule has 0 amide bonds. The predicted octanol–water partition coefficient (Wildman–Crippen LogP) is 2.86. The molecule has 2 rings (SSSR count). The van der Waals surface area contributed by atoms with Gasteiger partial charge in [-0.25, -0.2) is 13.1 Å². The first-order valence-corrected chi connectivity index (χ1v) is 8.26. The molecule has 1 aromatic carbocycles. The largest absolute Gasteiger partial charge is 0.492 e. The molecule has 0 saturated heterocycles. The molecule has 0 spiro atoms. The molecule has 21 heavy (non-hydrogen) atoms. The molecule has 5 nitrogen and oxygen atoms in total. The van der Waals surface area contributed by atoms with E-state index in [0.29, 0.717) is 18.1 Å². The van der Waals surface area contributed by atoms with Crippen molar-refractivity contribution < 1.29 is 17.6 Å². The molecule has 0 aliphatic carbocycles. The predicted molar refractivity (Wildman–Crippen MR) is 79.7 cm³/mol. The van der Waals surface area contributed by atoms with Crippen molar-refractivity contribution >= 4 is 10.0 Å². The molecule has 2 aromatic rings. The van der Waals surface area contributed by atoms with E-state index in [2.05, 4.69) is 4.72 Å². The fourth-order valence-electron chi connectivity index (χ4n) is 1.81. The fraction of sp³-hybridized carbons (Fsp3) is 0.333. The van der Waals surface area contributed by atoms with Crippen molar-refractivity contribution in [1.82, 2.24) is 4.72 Å². The van der Waals surface area contributed by atoms with Gasteiger partial charge in [-0.2, -0.15) is 0 Å². The van der Waals surface area contributed by atoms with Gasteiger partial charge in [0.2, 0.25) is 10.0 Å². The van der Waals surface area contributed by atoms with Crippen molar-refractivity contribution in [2.75, 3.05) is 6.61 Å². The maximum absolute atomic E-state index is 12.4. The molecule has 1 aromatic heterocycles. The van der Waals surface area contributed by atoms with Gasteiger partial charge in [0.25, 0.3) is 0 Å². The van der Waals surface area contributed by atoms with Crippen molar-refractivity contribution in [3.05, 3.63) is 47.9 Å². The molecule has 0 fully saturated rings. The van der Waals surface area contributed by atoms with E-state index in [1.165, 1.54) is 6.26 Å². The Morgan fingerprint density at radius 1 is 1.29 bits per heavy atom. The van der Waals surface area contributed by atoms with Crippen molar-refractivity contribution in [3.8, 4) is 5.75 Å². The number of benzene rings is 1. The highest BCUT2D eigenvalue weighted by molar-refractivity contribution is 7.89. The Morgan fingerprint density at radius 2 is 2.10 bits per heavy atom. The van der Waals surface area contributed by atoms with Crippen LogP contribution in [0.3, 0.4) is 0 Å². The summed E-state index contributed by atoms with van der Waals surface area (Å²) in [7, 11) is -3.65. The molecule has 0 atom stereocenters. The van der Waals surface area contributed by atoms with Crippen LogP contribution >= 0.6 is 0 Å². The molecule has 0 aliphatic rings. The van der Waals surface area contributed by atoms with E-state index >= 15 is 0 Å². The topological polar surface area (TPSA) is 68.5 Å². The van der Waals surface area contributed by atoms with Gasteiger partial charge in [0, 0.05) is 0 Å². The van der Waals surface area contributed by atoms with E-state index in [1.807, 2.05) is 19.9 Å². The summed E-state index contributed by atoms with van der Waals surface area (Å²) >= 11 is 0. The maximum Gasteiger partial charge on any atom is 0.244 e. The minimum atomic E-state index is -3.65. The molecule has 114 valence electrons. The Hall–Kier alpha value is -1.79. The van der Waals surface area contributed by atoms with Crippen LogP contribution in [0.1, 0.15) is 24.7 Å². The van der Waals surface area contributed by atoms with Gasteiger partial charge in [0.1, 0.15) is 16.4 Å². The van der Waals surface area contributed by atoms with Crippen LogP contribution in [0.2, 0.25) is 0 Å². The Balaban J connectivity index is 2.23. The number of hydrogen-bond donors (Lipinski definition) is 1. The number of hydrogen-bond acceptors (Lipinski definition) is 4.